The zero-order chi connectivity index (χ0) is 22.5. The number of hydrogen-bond donors (Lipinski definition) is 0. The molecule has 0 aliphatic carbocycles. The number of halogens is 13. The first kappa shape index (κ1) is 69.8. The molecule has 0 aromatic rings. The smallest absolute Gasteiger partial charge is 0.203 e. The number of hydrogen-bond acceptors (Lipinski definition) is 0. The summed E-state index contributed by atoms with van der Waals surface area (Å²) < 4.78 is 44.8. The lowest BCUT2D eigenvalue weighted by Gasteiger charge is -1.77. The highest BCUT2D eigenvalue weighted by Crippen LogP contribution is 2.13. The van der Waals surface area contributed by atoms with Crippen molar-refractivity contribution in [2.45, 2.75) is 64.3 Å². The zero-order valence-electron chi connectivity index (χ0n) is 15.3. The Morgan fingerprint density at radius 2 is 0.750 bits per heavy atom. The summed E-state index contributed by atoms with van der Waals surface area (Å²) in [6, 6.07) is 0. The molecule has 0 saturated heterocycles. The third-order valence-corrected chi connectivity index (χ3v) is 2.49. The third-order valence-electron chi connectivity index (χ3n) is 0.822. The van der Waals surface area contributed by atoms with Gasteiger partial charge >= 0.3 is 0 Å². The number of allylic oxidation sites excluding steroid dienone is 5. The minimum Gasteiger partial charge on any atom is -0.269 e. The summed E-state index contributed by atoms with van der Waals surface area (Å²) in [5, 5.41) is -0.201. The van der Waals surface area contributed by atoms with Crippen molar-refractivity contribution in [2.75, 3.05) is 0 Å². The molecule has 0 saturated carbocycles. The largest absolute Gasteiger partial charge is 0.269 e. The Balaban J connectivity index is -0.0000000184. The summed E-state index contributed by atoms with van der Waals surface area (Å²) in [4.78, 5) is 0. The molecule has 13 heteroatoms. The first-order valence-corrected chi connectivity index (χ1v) is 8.83. The van der Waals surface area contributed by atoms with Gasteiger partial charge in [-0.25, -0.2) is 13.2 Å². The van der Waals surface area contributed by atoms with Crippen LogP contribution < -0.4 is 0 Å². The van der Waals surface area contributed by atoms with Crippen LogP contribution in [0, 0.1) is 0 Å². The van der Waals surface area contributed by atoms with E-state index in [2.05, 4.69) is 6.58 Å². The highest BCUT2D eigenvalue weighted by Gasteiger charge is 1.87. The lowest BCUT2D eigenvalue weighted by molar-refractivity contribution is 0.640. The highest BCUT2D eigenvalue weighted by molar-refractivity contribution is 6.56. The fraction of sp³-hybridized carbons (Fsp3) is 0.474. The zero-order valence-corrected chi connectivity index (χ0v) is 21.4. The van der Waals surface area contributed by atoms with E-state index in [9.17, 15) is 17.6 Å². The SMILES string of the molecule is C.C.C.C.C/C(Cl)=C(/F)Cl.C/C(F)=C/Cl.C/C(F)=C\Cl.C=C(C)Cl.CC(F)=C(Cl)Cl.Cl.F. The molecule has 0 aliphatic heterocycles. The van der Waals surface area contributed by atoms with Crippen LogP contribution in [0.4, 0.5) is 22.3 Å². The maximum atomic E-state index is 11.4. The average Bonchev–Trinajstić information content (AvgIpc) is 2.48. The highest BCUT2D eigenvalue weighted by atomic mass is 35.5. The van der Waals surface area contributed by atoms with E-state index in [1.165, 1.54) is 27.7 Å². The van der Waals surface area contributed by atoms with E-state index in [0.29, 0.717) is 5.03 Å². The van der Waals surface area contributed by atoms with Crippen LogP contribution in [0.25, 0.3) is 0 Å². The molecule has 0 aromatic carbocycles. The Bertz CT molecular complexity index is 406. The van der Waals surface area contributed by atoms with Gasteiger partial charge in [-0.2, -0.15) is 4.39 Å². The van der Waals surface area contributed by atoms with Crippen LogP contribution >= 0.6 is 93.6 Å². The van der Waals surface area contributed by atoms with Gasteiger partial charge in [0.25, 0.3) is 0 Å². The van der Waals surface area contributed by atoms with Crippen molar-refractivity contribution in [1.29, 1.82) is 0 Å². The molecular formula is C19H37Cl8F5. The predicted molar refractivity (Wildman–Crippen MR) is 150 cm³/mol. The van der Waals surface area contributed by atoms with Crippen molar-refractivity contribution >= 4 is 93.6 Å². The van der Waals surface area contributed by atoms with Crippen molar-refractivity contribution in [2.24, 2.45) is 0 Å². The Labute approximate surface area is 234 Å². The average molecular weight is 644 g/mol. The van der Waals surface area contributed by atoms with Crippen LogP contribution in [-0.4, -0.2) is 0 Å². The van der Waals surface area contributed by atoms with Gasteiger partial charge in [-0.1, -0.05) is 106 Å². The topological polar surface area (TPSA) is 0 Å². The molecule has 0 N–H and O–H groups in total. The third kappa shape index (κ3) is 168. The Hall–Kier alpha value is 0.670. The summed E-state index contributed by atoms with van der Waals surface area (Å²) in [5.74, 6) is -1.25. The first-order chi connectivity index (χ1) is 11.6. The molecule has 0 radical (unpaired) electrons. The van der Waals surface area contributed by atoms with Gasteiger partial charge in [0, 0.05) is 16.1 Å². The minimum absolute atomic E-state index is 0. The van der Waals surface area contributed by atoms with Gasteiger partial charge in [0.1, 0.15) is 22.0 Å². The molecule has 0 heterocycles. The summed E-state index contributed by atoms with van der Waals surface area (Å²) in [7, 11) is 0. The fourth-order valence-corrected chi connectivity index (χ4v) is 0. The van der Waals surface area contributed by atoms with Crippen LogP contribution in [0.3, 0.4) is 0 Å². The van der Waals surface area contributed by atoms with E-state index >= 15 is 0 Å². The molecule has 0 spiro atoms. The quantitative estimate of drug-likeness (QED) is 0.230. The van der Waals surface area contributed by atoms with Crippen LogP contribution in [-0.2, 0) is 0 Å². The maximum Gasteiger partial charge on any atom is 0.203 e. The second kappa shape index (κ2) is 53.2. The molecular weight excluding hydrogens is 607 g/mol. The summed E-state index contributed by atoms with van der Waals surface area (Å²) in [6.07, 6.45) is 0. The minimum atomic E-state index is -0.836. The molecule has 32 heavy (non-hydrogen) atoms. The van der Waals surface area contributed by atoms with Crippen LogP contribution in [0.2, 0.25) is 0 Å². The summed E-state index contributed by atoms with van der Waals surface area (Å²) in [6.45, 7) is 10.2. The van der Waals surface area contributed by atoms with Crippen molar-refractivity contribution in [3.05, 3.63) is 55.0 Å². The number of rotatable bonds is 0. The molecule has 0 aliphatic rings. The van der Waals surface area contributed by atoms with Gasteiger partial charge in [-0.15, -0.1) is 12.4 Å². The maximum absolute atomic E-state index is 11.4. The molecule has 0 nitrogen and oxygen atoms in total. The van der Waals surface area contributed by atoms with Crippen molar-refractivity contribution < 1.29 is 22.3 Å². The second-order valence-electron chi connectivity index (χ2n) is 3.66. The van der Waals surface area contributed by atoms with Gasteiger partial charge < -0.3 is 0 Å². The lowest BCUT2D eigenvalue weighted by atomic mass is 10.7. The molecule has 0 fully saturated rings. The van der Waals surface area contributed by atoms with Crippen LogP contribution in [0.5, 0.6) is 0 Å². The Kier molecular flexibility index (Phi) is 116. The van der Waals surface area contributed by atoms with Gasteiger partial charge in [-0.05, 0) is 46.2 Å². The molecule has 0 aromatic heterocycles. The van der Waals surface area contributed by atoms with Gasteiger partial charge in [0.15, 0.2) is 0 Å². The summed E-state index contributed by atoms with van der Waals surface area (Å²) >= 11 is 34.1. The Morgan fingerprint density at radius 1 is 0.656 bits per heavy atom. The van der Waals surface area contributed by atoms with Crippen molar-refractivity contribution in [1.82, 2.24) is 0 Å². The molecule has 0 unspecified atom stereocenters. The molecule has 204 valence electrons. The van der Waals surface area contributed by atoms with E-state index in [-0.39, 0.29) is 68.0 Å². The first-order valence-electron chi connectivity index (χ1n) is 6.07. The van der Waals surface area contributed by atoms with E-state index in [4.69, 9.17) is 81.2 Å². The lowest BCUT2D eigenvalue weighted by Crippen LogP contribution is -1.55. The van der Waals surface area contributed by atoms with E-state index in [0.717, 1.165) is 11.1 Å². The molecule has 0 atom stereocenters. The summed E-state index contributed by atoms with van der Waals surface area (Å²) in [5.41, 5.74) is 1.78. The Morgan fingerprint density at radius 3 is 0.750 bits per heavy atom. The standard InChI is InChI=1S/2C3H3Cl2F.2C3H4ClF.C3H5Cl.4CH4.ClH.FH/c1-2(6)3(4)5;1-2(4)3(5)6;2*1-3(5)2-4;1-3(2)4;;;;;;/h2*1H3;2*2H,1H3;1H2,2H3;4*1H4;2*1H/b;3-2-;3-2+;3-2-;;;;;;;. The van der Waals surface area contributed by atoms with E-state index in [1.54, 1.807) is 6.92 Å². The van der Waals surface area contributed by atoms with Crippen molar-refractivity contribution in [3.63, 3.8) is 0 Å². The van der Waals surface area contributed by atoms with Gasteiger partial charge in [-0.3, -0.25) is 4.70 Å². The van der Waals surface area contributed by atoms with Gasteiger partial charge in [0.2, 0.25) is 5.29 Å². The molecule has 0 amide bonds. The normalized spacial score (nSPS) is 8.75. The predicted octanol–water partition coefficient (Wildman–Crippen LogP) is 14.2. The van der Waals surface area contributed by atoms with Gasteiger partial charge in [0.05, 0.1) is 5.03 Å². The second-order valence-corrected chi connectivity index (χ2v) is 6.59. The van der Waals surface area contributed by atoms with Crippen LogP contribution in [0.15, 0.2) is 55.0 Å². The van der Waals surface area contributed by atoms with Crippen LogP contribution in [0.1, 0.15) is 64.3 Å². The van der Waals surface area contributed by atoms with E-state index in [1.807, 2.05) is 0 Å². The van der Waals surface area contributed by atoms with E-state index < -0.39 is 11.1 Å². The monoisotopic (exact) mass is 640 g/mol. The molecule has 0 bridgehead atoms. The fourth-order valence-electron chi connectivity index (χ4n) is 0. The van der Waals surface area contributed by atoms with Crippen molar-refractivity contribution in [3.8, 4) is 0 Å². The molecule has 0 rings (SSSR count).